The zero-order chi connectivity index (χ0) is 24.9. The number of carbonyl (C=O) groups is 2. The molecule has 2 N–H and O–H groups in total. The number of nitrogens with zero attached hydrogens (tertiary/aromatic N) is 1. The SMILES string of the molecule is COc1ccc([C@H]2[C@@H](NC(=O)c3cccc(C)c3)C(=O)N/[N+]2=C\c2ccc(OC)c(OC)c2)cc1. The van der Waals surface area contributed by atoms with Crippen LogP contribution in [0.4, 0.5) is 0 Å². The van der Waals surface area contributed by atoms with E-state index in [4.69, 9.17) is 14.2 Å². The lowest BCUT2D eigenvalue weighted by Crippen LogP contribution is -2.42. The van der Waals surface area contributed by atoms with Gasteiger partial charge in [0.25, 0.3) is 5.91 Å². The van der Waals surface area contributed by atoms with Crippen molar-refractivity contribution >= 4 is 18.0 Å². The van der Waals surface area contributed by atoms with Gasteiger partial charge in [-0.2, -0.15) is 0 Å². The molecule has 8 nitrogen and oxygen atoms in total. The van der Waals surface area contributed by atoms with E-state index in [1.807, 2.05) is 55.5 Å². The van der Waals surface area contributed by atoms with Crippen LogP contribution >= 0.6 is 0 Å². The second-order valence-corrected chi connectivity index (χ2v) is 8.17. The van der Waals surface area contributed by atoms with Crippen LogP contribution in [0.25, 0.3) is 0 Å². The van der Waals surface area contributed by atoms with Gasteiger partial charge in [0.2, 0.25) is 12.3 Å². The van der Waals surface area contributed by atoms with Gasteiger partial charge in [-0.3, -0.25) is 9.59 Å². The molecule has 35 heavy (non-hydrogen) atoms. The maximum Gasteiger partial charge on any atom is 0.304 e. The lowest BCUT2D eigenvalue weighted by Gasteiger charge is -2.15. The number of aryl methyl sites for hydroxylation is 1. The summed E-state index contributed by atoms with van der Waals surface area (Å²) >= 11 is 0. The topological polar surface area (TPSA) is 88.9 Å². The Bertz CT molecular complexity index is 1270. The first-order valence-electron chi connectivity index (χ1n) is 11.1. The summed E-state index contributed by atoms with van der Waals surface area (Å²) in [6, 6.07) is 18.8. The molecule has 2 amide bonds. The Morgan fingerprint density at radius 2 is 1.69 bits per heavy atom. The molecule has 180 valence electrons. The molecule has 0 aromatic heterocycles. The number of ether oxygens (including phenoxy) is 3. The third-order valence-corrected chi connectivity index (χ3v) is 5.86. The minimum atomic E-state index is -0.826. The van der Waals surface area contributed by atoms with Crippen molar-refractivity contribution < 1.29 is 28.5 Å². The normalized spacial score (nSPS) is 18.2. The standard InChI is InChI=1S/C27H27N3O5/c1-17-6-5-7-20(14-17)26(31)28-24-25(19-9-11-21(33-2)12-10-19)30(29-27(24)32)16-18-8-13-22(34-3)23(15-18)35-4/h5-16,24-25H,1-4H3,(H-,28,29,31,32)/p+1/b30-16-/t24-,25+/m1/s1. The van der Waals surface area contributed by atoms with Crippen molar-refractivity contribution in [2.45, 2.75) is 19.0 Å². The van der Waals surface area contributed by atoms with E-state index in [2.05, 4.69) is 10.7 Å². The molecule has 1 aliphatic heterocycles. The molecule has 1 heterocycles. The molecular weight excluding hydrogens is 446 g/mol. The monoisotopic (exact) mass is 474 g/mol. The Balaban J connectivity index is 1.72. The molecule has 0 radical (unpaired) electrons. The summed E-state index contributed by atoms with van der Waals surface area (Å²) in [6.45, 7) is 1.92. The second kappa shape index (κ2) is 10.3. The van der Waals surface area contributed by atoms with Crippen molar-refractivity contribution in [2.24, 2.45) is 0 Å². The average molecular weight is 475 g/mol. The number of hydrazone groups is 1. The summed E-state index contributed by atoms with van der Waals surface area (Å²) in [5.41, 5.74) is 5.95. The van der Waals surface area contributed by atoms with Crippen LogP contribution in [0.3, 0.4) is 0 Å². The van der Waals surface area contributed by atoms with E-state index in [0.29, 0.717) is 22.8 Å². The van der Waals surface area contributed by atoms with Gasteiger partial charge in [0.05, 0.1) is 21.3 Å². The Morgan fingerprint density at radius 3 is 2.34 bits per heavy atom. The van der Waals surface area contributed by atoms with Gasteiger partial charge in [-0.25, -0.2) is 0 Å². The lowest BCUT2D eigenvalue weighted by molar-refractivity contribution is -0.596. The van der Waals surface area contributed by atoms with Crippen molar-refractivity contribution in [3.63, 3.8) is 0 Å². The van der Waals surface area contributed by atoms with Crippen LogP contribution < -0.4 is 25.0 Å². The number of carbonyl (C=O) groups excluding carboxylic acids is 2. The van der Waals surface area contributed by atoms with Crippen LogP contribution in [0.15, 0.2) is 66.7 Å². The highest BCUT2D eigenvalue weighted by molar-refractivity contribution is 5.98. The number of hydrogen-bond donors (Lipinski definition) is 2. The Hall–Kier alpha value is -4.33. The predicted octanol–water partition coefficient (Wildman–Crippen LogP) is 3.04. The summed E-state index contributed by atoms with van der Waals surface area (Å²) in [5.74, 6) is 1.23. The summed E-state index contributed by atoms with van der Waals surface area (Å²) in [6.07, 6.45) is 1.80. The summed E-state index contributed by atoms with van der Waals surface area (Å²) in [7, 11) is 4.73. The third kappa shape index (κ3) is 5.11. The van der Waals surface area contributed by atoms with E-state index in [1.165, 1.54) is 0 Å². The Morgan fingerprint density at radius 1 is 0.943 bits per heavy atom. The molecule has 0 spiro atoms. The summed E-state index contributed by atoms with van der Waals surface area (Å²) < 4.78 is 17.7. The van der Waals surface area contributed by atoms with Gasteiger partial charge < -0.3 is 19.5 Å². The van der Waals surface area contributed by atoms with Crippen LogP contribution in [-0.2, 0) is 4.79 Å². The van der Waals surface area contributed by atoms with Crippen LogP contribution in [0.2, 0.25) is 0 Å². The number of amides is 2. The zero-order valence-corrected chi connectivity index (χ0v) is 20.1. The number of hydrazine groups is 1. The van der Waals surface area contributed by atoms with Crippen molar-refractivity contribution in [3.8, 4) is 17.2 Å². The Kier molecular flexibility index (Phi) is 7.01. The minimum Gasteiger partial charge on any atom is -0.497 e. The van der Waals surface area contributed by atoms with Crippen molar-refractivity contribution in [1.82, 2.24) is 10.7 Å². The number of rotatable bonds is 7. The molecule has 3 aromatic rings. The molecule has 0 saturated carbocycles. The van der Waals surface area contributed by atoms with E-state index in [0.717, 1.165) is 16.7 Å². The molecule has 4 rings (SSSR count). The van der Waals surface area contributed by atoms with E-state index in [9.17, 15) is 9.59 Å². The van der Waals surface area contributed by atoms with E-state index >= 15 is 0 Å². The van der Waals surface area contributed by atoms with Gasteiger partial charge in [0.1, 0.15) is 5.75 Å². The van der Waals surface area contributed by atoms with Crippen LogP contribution in [0.1, 0.15) is 33.1 Å². The van der Waals surface area contributed by atoms with Crippen molar-refractivity contribution in [1.29, 1.82) is 0 Å². The van der Waals surface area contributed by atoms with Crippen LogP contribution in [0, 0.1) is 6.92 Å². The highest BCUT2D eigenvalue weighted by Gasteiger charge is 2.47. The molecule has 2 atom stereocenters. The highest BCUT2D eigenvalue weighted by atomic mass is 16.5. The Labute approximate surface area is 204 Å². The maximum atomic E-state index is 13.1. The molecule has 0 unspecified atom stereocenters. The molecule has 8 heteroatoms. The van der Waals surface area contributed by atoms with Crippen LogP contribution in [0.5, 0.6) is 17.2 Å². The first kappa shape index (κ1) is 23.8. The fraction of sp³-hybridized carbons (Fsp3) is 0.222. The first-order valence-corrected chi connectivity index (χ1v) is 11.1. The second-order valence-electron chi connectivity index (χ2n) is 8.17. The lowest BCUT2D eigenvalue weighted by atomic mass is 9.99. The van der Waals surface area contributed by atoms with Crippen LogP contribution in [-0.4, -0.2) is 50.1 Å². The fourth-order valence-electron chi connectivity index (χ4n) is 4.09. The quantitative estimate of drug-likeness (QED) is 0.514. The number of benzene rings is 3. The molecule has 0 bridgehead atoms. The largest absolute Gasteiger partial charge is 0.497 e. The third-order valence-electron chi connectivity index (χ3n) is 5.86. The molecule has 3 aromatic carbocycles. The zero-order valence-electron chi connectivity index (χ0n) is 20.1. The van der Waals surface area contributed by atoms with Gasteiger partial charge >= 0.3 is 5.91 Å². The summed E-state index contributed by atoms with van der Waals surface area (Å²) in [5, 5.41) is 2.92. The number of hydrogen-bond acceptors (Lipinski definition) is 5. The van der Waals surface area contributed by atoms with Gasteiger partial charge in [-0.1, -0.05) is 17.7 Å². The number of nitrogens with one attached hydrogen (secondary N) is 2. The molecule has 1 fully saturated rings. The molecular formula is C27H28N3O5+. The predicted molar refractivity (Wildman–Crippen MR) is 131 cm³/mol. The fourth-order valence-corrected chi connectivity index (χ4v) is 4.09. The van der Waals surface area contributed by atoms with E-state index < -0.39 is 12.1 Å². The van der Waals surface area contributed by atoms with E-state index in [1.54, 1.807) is 50.4 Å². The van der Waals surface area contributed by atoms with E-state index in [-0.39, 0.29) is 11.8 Å². The van der Waals surface area contributed by atoms with Crippen molar-refractivity contribution in [2.75, 3.05) is 21.3 Å². The maximum absolute atomic E-state index is 13.1. The smallest absolute Gasteiger partial charge is 0.304 e. The summed E-state index contributed by atoms with van der Waals surface area (Å²) in [4.78, 5) is 26.1. The minimum absolute atomic E-state index is 0.316. The van der Waals surface area contributed by atoms with Crippen molar-refractivity contribution in [3.05, 3.63) is 89.0 Å². The average Bonchev–Trinajstić information content (AvgIpc) is 3.17. The van der Waals surface area contributed by atoms with Gasteiger partial charge in [-0.05, 0) is 61.5 Å². The van der Waals surface area contributed by atoms with Gasteiger partial charge in [0.15, 0.2) is 17.5 Å². The highest BCUT2D eigenvalue weighted by Crippen LogP contribution is 2.29. The van der Waals surface area contributed by atoms with Gasteiger partial charge in [0, 0.05) is 16.7 Å². The van der Waals surface area contributed by atoms with Gasteiger partial charge in [-0.15, -0.1) is 10.1 Å². The molecule has 1 saturated heterocycles. The first-order chi connectivity index (χ1) is 16.9. The molecule has 0 aliphatic carbocycles. The number of methoxy groups -OCH3 is 3. The molecule has 1 aliphatic rings.